The van der Waals surface area contributed by atoms with Gasteiger partial charge in [0.25, 0.3) is 5.91 Å². The van der Waals surface area contributed by atoms with Gasteiger partial charge in [-0.15, -0.1) is 11.8 Å². The molecule has 0 saturated heterocycles. The molecule has 110 valence electrons. The molecule has 2 heterocycles. The van der Waals surface area contributed by atoms with E-state index in [-0.39, 0.29) is 22.8 Å². The maximum Gasteiger partial charge on any atom is 0.271 e. The number of hydrogen-bond acceptors (Lipinski definition) is 5. The summed E-state index contributed by atoms with van der Waals surface area (Å²) < 4.78 is 0. The lowest BCUT2D eigenvalue weighted by Gasteiger charge is -2.09. The summed E-state index contributed by atoms with van der Waals surface area (Å²) in [6.45, 7) is 2.18. The zero-order valence-electron chi connectivity index (χ0n) is 11.1. The van der Waals surface area contributed by atoms with Gasteiger partial charge in [0.15, 0.2) is 5.15 Å². The maximum atomic E-state index is 12.2. The molecule has 0 unspecified atom stereocenters. The Morgan fingerprint density at radius 1 is 1.29 bits per heavy atom. The number of carbonyl (C=O) groups is 1. The van der Waals surface area contributed by atoms with Crippen LogP contribution in [-0.4, -0.2) is 26.6 Å². The molecule has 0 atom stereocenters. The first kappa shape index (κ1) is 16.0. The number of nitrogens with one attached hydrogen (secondary N) is 1. The molecule has 2 aromatic rings. The van der Waals surface area contributed by atoms with Crippen molar-refractivity contribution in [1.82, 2.24) is 20.3 Å². The maximum absolute atomic E-state index is 12.2. The summed E-state index contributed by atoms with van der Waals surface area (Å²) in [4.78, 5) is 25.1. The summed E-state index contributed by atoms with van der Waals surface area (Å²) in [6, 6.07) is 3.45. The van der Waals surface area contributed by atoms with Crippen LogP contribution < -0.4 is 5.32 Å². The Bertz CT molecular complexity index is 654. The molecule has 0 saturated carbocycles. The lowest BCUT2D eigenvalue weighted by atomic mass is 10.3. The minimum absolute atomic E-state index is 0.177. The minimum atomic E-state index is -0.324. The predicted octanol–water partition coefficient (Wildman–Crippen LogP) is 3.22. The van der Waals surface area contributed by atoms with Gasteiger partial charge in [-0.3, -0.25) is 9.78 Å². The van der Waals surface area contributed by atoms with Crippen molar-refractivity contribution in [1.29, 1.82) is 0 Å². The minimum Gasteiger partial charge on any atom is -0.345 e. The molecule has 0 aliphatic rings. The second-order valence-corrected chi connectivity index (χ2v) is 5.94. The number of amides is 1. The van der Waals surface area contributed by atoms with Crippen molar-refractivity contribution in [3.05, 3.63) is 46.2 Å². The number of thioether (sulfide) groups is 1. The largest absolute Gasteiger partial charge is 0.345 e. The highest BCUT2D eigenvalue weighted by Crippen LogP contribution is 2.23. The molecule has 0 aromatic carbocycles. The zero-order chi connectivity index (χ0) is 15.2. The summed E-state index contributed by atoms with van der Waals surface area (Å²) in [5.41, 5.74) is 0.800. The van der Waals surface area contributed by atoms with Crippen molar-refractivity contribution in [2.45, 2.75) is 18.4 Å². The SMILES string of the molecule is CCSc1ccc(Cl)nc1C(=O)NCc1nccnc1Cl. The van der Waals surface area contributed by atoms with Gasteiger partial charge >= 0.3 is 0 Å². The van der Waals surface area contributed by atoms with Crippen LogP contribution in [0.5, 0.6) is 0 Å². The smallest absolute Gasteiger partial charge is 0.271 e. The van der Waals surface area contributed by atoms with Gasteiger partial charge in [0.05, 0.1) is 12.2 Å². The van der Waals surface area contributed by atoms with E-state index in [1.165, 1.54) is 24.2 Å². The van der Waals surface area contributed by atoms with Crippen LogP contribution in [-0.2, 0) is 6.54 Å². The molecule has 1 N–H and O–H groups in total. The summed E-state index contributed by atoms with van der Waals surface area (Å²) in [5.74, 6) is 0.509. The van der Waals surface area contributed by atoms with Crippen molar-refractivity contribution in [2.24, 2.45) is 0 Å². The summed E-state index contributed by atoms with van der Waals surface area (Å²) in [5, 5.41) is 3.26. The molecular weight excluding hydrogens is 331 g/mol. The van der Waals surface area contributed by atoms with Gasteiger partial charge in [-0.05, 0) is 17.9 Å². The summed E-state index contributed by atoms with van der Waals surface area (Å²) >= 11 is 13.3. The van der Waals surface area contributed by atoms with Crippen molar-refractivity contribution in [3.8, 4) is 0 Å². The Balaban J connectivity index is 2.13. The van der Waals surface area contributed by atoms with Gasteiger partial charge in [0.1, 0.15) is 10.8 Å². The fourth-order valence-electron chi connectivity index (χ4n) is 1.57. The fraction of sp³-hybridized carbons (Fsp3) is 0.231. The molecule has 2 rings (SSSR count). The zero-order valence-corrected chi connectivity index (χ0v) is 13.5. The van der Waals surface area contributed by atoms with Crippen LogP contribution >= 0.6 is 35.0 Å². The van der Waals surface area contributed by atoms with E-state index in [0.29, 0.717) is 11.4 Å². The average Bonchev–Trinajstić information content (AvgIpc) is 2.48. The molecule has 0 aliphatic heterocycles. The van der Waals surface area contributed by atoms with Crippen molar-refractivity contribution < 1.29 is 4.79 Å². The number of hydrogen-bond donors (Lipinski definition) is 1. The van der Waals surface area contributed by atoms with Crippen LogP contribution in [0.2, 0.25) is 10.3 Å². The molecule has 0 aliphatic carbocycles. The molecule has 21 heavy (non-hydrogen) atoms. The van der Waals surface area contributed by atoms with E-state index in [1.54, 1.807) is 12.1 Å². The number of carbonyl (C=O) groups excluding carboxylic acids is 1. The van der Waals surface area contributed by atoms with Gasteiger partial charge in [-0.2, -0.15) is 0 Å². The Morgan fingerprint density at radius 2 is 2.05 bits per heavy atom. The topological polar surface area (TPSA) is 67.8 Å². The number of rotatable bonds is 5. The van der Waals surface area contributed by atoms with Crippen LogP contribution in [0.1, 0.15) is 23.1 Å². The molecule has 0 radical (unpaired) electrons. The van der Waals surface area contributed by atoms with E-state index >= 15 is 0 Å². The molecule has 8 heteroatoms. The van der Waals surface area contributed by atoms with Crippen LogP contribution in [0, 0.1) is 0 Å². The Morgan fingerprint density at radius 3 is 2.76 bits per heavy atom. The van der Waals surface area contributed by atoms with Gasteiger partial charge in [-0.1, -0.05) is 30.1 Å². The third-order valence-corrected chi connectivity index (χ3v) is 3.93. The highest BCUT2D eigenvalue weighted by atomic mass is 35.5. The molecular formula is C13H12Cl2N4OS. The first-order chi connectivity index (χ1) is 10.1. The number of nitrogens with zero attached hydrogens (tertiary/aromatic N) is 3. The van der Waals surface area contributed by atoms with Gasteiger partial charge in [0, 0.05) is 17.3 Å². The molecule has 0 spiro atoms. The van der Waals surface area contributed by atoms with Crippen molar-refractivity contribution in [3.63, 3.8) is 0 Å². The van der Waals surface area contributed by atoms with E-state index in [2.05, 4.69) is 20.3 Å². The van der Waals surface area contributed by atoms with E-state index < -0.39 is 0 Å². The molecule has 1 amide bonds. The predicted molar refractivity (Wildman–Crippen MR) is 83.9 cm³/mol. The quantitative estimate of drug-likeness (QED) is 0.667. The van der Waals surface area contributed by atoms with Crippen molar-refractivity contribution >= 4 is 40.9 Å². The van der Waals surface area contributed by atoms with Gasteiger partial charge < -0.3 is 5.32 Å². The number of halogens is 2. The third-order valence-electron chi connectivity index (χ3n) is 2.48. The molecule has 0 bridgehead atoms. The first-order valence-corrected chi connectivity index (χ1v) is 7.89. The number of aromatic nitrogens is 3. The Hall–Kier alpha value is -1.37. The first-order valence-electron chi connectivity index (χ1n) is 6.14. The average molecular weight is 343 g/mol. The second kappa shape index (κ2) is 7.59. The normalized spacial score (nSPS) is 10.4. The lowest BCUT2D eigenvalue weighted by molar-refractivity contribution is 0.0942. The standard InChI is InChI=1S/C13H12Cl2N4OS/c1-2-21-9-3-4-10(14)19-11(9)13(20)18-7-8-12(15)17-6-5-16-8/h3-6H,2,7H2,1H3,(H,18,20). The summed E-state index contributed by atoms with van der Waals surface area (Å²) in [6.07, 6.45) is 3.01. The van der Waals surface area contributed by atoms with E-state index in [0.717, 1.165) is 10.6 Å². The highest BCUT2D eigenvalue weighted by Gasteiger charge is 2.15. The van der Waals surface area contributed by atoms with Crippen molar-refractivity contribution in [2.75, 3.05) is 5.75 Å². The van der Waals surface area contributed by atoms with E-state index in [9.17, 15) is 4.79 Å². The van der Waals surface area contributed by atoms with Crippen LogP contribution in [0.3, 0.4) is 0 Å². The highest BCUT2D eigenvalue weighted by molar-refractivity contribution is 7.99. The van der Waals surface area contributed by atoms with Gasteiger partial charge in [0.2, 0.25) is 0 Å². The monoisotopic (exact) mass is 342 g/mol. The fourth-order valence-corrected chi connectivity index (χ4v) is 2.64. The second-order valence-electron chi connectivity index (χ2n) is 3.89. The molecule has 5 nitrogen and oxygen atoms in total. The van der Waals surface area contributed by atoms with E-state index in [1.807, 2.05) is 6.92 Å². The van der Waals surface area contributed by atoms with Crippen LogP contribution in [0.25, 0.3) is 0 Å². The lowest BCUT2D eigenvalue weighted by Crippen LogP contribution is -2.25. The Labute approximate surface area is 136 Å². The number of pyridine rings is 1. The van der Waals surface area contributed by atoms with Crippen LogP contribution in [0.15, 0.2) is 29.4 Å². The summed E-state index contributed by atoms with van der Waals surface area (Å²) in [7, 11) is 0. The van der Waals surface area contributed by atoms with Crippen LogP contribution in [0.4, 0.5) is 0 Å². The Kier molecular flexibility index (Phi) is 5.78. The molecule has 0 fully saturated rings. The van der Waals surface area contributed by atoms with E-state index in [4.69, 9.17) is 23.2 Å². The van der Waals surface area contributed by atoms with Gasteiger partial charge in [-0.25, -0.2) is 9.97 Å². The molecule has 2 aromatic heterocycles. The third kappa shape index (κ3) is 4.30.